The highest BCUT2D eigenvalue weighted by atomic mass is 16.5. The third-order valence-electron chi connectivity index (χ3n) is 4.35. The van der Waals surface area contributed by atoms with Crippen LogP contribution in [0.2, 0.25) is 0 Å². The van der Waals surface area contributed by atoms with E-state index in [0.29, 0.717) is 19.6 Å². The number of carbonyl (C=O) groups excluding carboxylic acids is 1. The Hall–Kier alpha value is -2.07. The number of nitrogens with zero attached hydrogens (tertiary/aromatic N) is 2. The molecule has 0 atom stereocenters. The monoisotopic (exact) mass is 342 g/mol. The van der Waals surface area contributed by atoms with Crippen LogP contribution in [0.25, 0.3) is 0 Å². The van der Waals surface area contributed by atoms with Gasteiger partial charge in [0.1, 0.15) is 0 Å². The fourth-order valence-electron chi connectivity index (χ4n) is 2.90. The standard InChI is InChI=1S/C21H30N2O2/c1-3-4-13-21(24)23(15-9-16-25-2)18-20-12-8-14-22(20)17-19-10-6-5-7-11-19/h5-8,10-12,14H,3-4,9,13,15-18H2,1-2H3. The molecule has 1 aromatic heterocycles. The van der Waals surface area contributed by atoms with Crippen molar-refractivity contribution in [2.45, 2.75) is 45.7 Å². The predicted octanol–water partition coefficient (Wildman–Crippen LogP) is 4.09. The van der Waals surface area contributed by atoms with E-state index in [0.717, 1.165) is 32.4 Å². The molecule has 1 heterocycles. The van der Waals surface area contributed by atoms with Crippen LogP contribution in [0.4, 0.5) is 0 Å². The Morgan fingerprint density at radius 1 is 1.12 bits per heavy atom. The topological polar surface area (TPSA) is 34.5 Å². The fraction of sp³-hybridized carbons (Fsp3) is 0.476. The van der Waals surface area contributed by atoms with Crippen LogP contribution >= 0.6 is 0 Å². The van der Waals surface area contributed by atoms with Gasteiger partial charge in [0, 0.05) is 45.1 Å². The highest BCUT2D eigenvalue weighted by molar-refractivity contribution is 5.76. The molecule has 0 bridgehead atoms. The molecule has 2 aromatic rings. The Bertz CT molecular complexity index is 622. The van der Waals surface area contributed by atoms with Crippen molar-refractivity contribution in [2.75, 3.05) is 20.3 Å². The van der Waals surface area contributed by atoms with Gasteiger partial charge in [-0.15, -0.1) is 0 Å². The Labute approximate surface area is 151 Å². The van der Waals surface area contributed by atoms with Gasteiger partial charge in [0.2, 0.25) is 5.91 Å². The average molecular weight is 342 g/mol. The molecule has 4 nitrogen and oxygen atoms in total. The quantitative estimate of drug-likeness (QED) is 0.576. The summed E-state index contributed by atoms with van der Waals surface area (Å²) in [7, 11) is 1.70. The molecule has 0 spiro atoms. The molecule has 0 fully saturated rings. The molecule has 0 aliphatic heterocycles. The van der Waals surface area contributed by atoms with E-state index in [9.17, 15) is 4.79 Å². The zero-order chi connectivity index (χ0) is 17.9. The van der Waals surface area contributed by atoms with E-state index in [-0.39, 0.29) is 5.91 Å². The van der Waals surface area contributed by atoms with Crippen LogP contribution < -0.4 is 0 Å². The minimum Gasteiger partial charge on any atom is -0.385 e. The van der Waals surface area contributed by atoms with Crippen LogP contribution in [0.3, 0.4) is 0 Å². The number of benzene rings is 1. The second-order valence-corrected chi connectivity index (χ2v) is 6.38. The number of methoxy groups -OCH3 is 1. The highest BCUT2D eigenvalue weighted by Gasteiger charge is 2.15. The molecule has 0 aliphatic rings. The van der Waals surface area contributed by atoms with Gasteiger partial charge >= 0.3 is 0 Å². The van der Waals surface area contributed by atoms with Gasteiger partial charge in [-0.25, -0.2) is 0 Å². The summed E-state index contributed by atoms with van der Waals surface area (Å²) in [5.74, 6) is 0.241. The number of hydrogen-bond acceptors (Lipinski definition) is 2. The third kappa shape index (κ3) is 6.39. The van der Waals surface area contributed by atoms with Crippen molar-refractivity contribution in [3.63, 3.8) is 0 Å². The highest BCUT2D eigenvalue weighted by Crippen LogP contribution is 2.13. The lowest BCUT2D eigenvalue weighted by Crippen LogP contribution is -2.32. The number of carbonyl (C=O) groups is 1. The Kier molecular flexibility index (Phi) is 8.26. The van der Waals surface area contributed by atoms with E-state index in [1.165, 1.54) is 11.3 Å². The molecule has 2 rings (SSSR count). The molecule has 4 heteroatoms. The maximum Gasteiger partial charge on any atom is 0.222 e. The van der Waals surface area contributed by atoms with Crippen LogP contribution in [-0.2, 0) is 22.6 Å². The Morgan fingerprint density at radius 2 is 1.92 bits per heavy atom. The summed E-state index contributed by atoms with van der Waals surface area (Å²) in [6, 6.07) is 14.6. The third-order valence-corrected chi connectivity index (χ3v) is 4.35. The summed E-state index contributed by atoms with van der Waals surface area (Å²) >= 11 is 0. The second-order valence-electron chi connectivity index (χ2n) is 6.38. The average Bonchev–Trinajstić information content (AvgIpc) is 3.06. The van der Waals surface area contributed by atoms with Crippen molar-refractivity contribution < 1.29 is 9.53 Å². The zero-order valence-corrected chi connectivity index (χ0v) is 15.5. The smallest absolute Gasteiger partial charge is 0.222 e. The summed E-state index contributed by atoms with van der Waals surface area (Å²) in [6.45, 7) is 5.04. The van der Waals surface area contributed by atoms with Gasteiger partial charge in [0.25, 0.3) is 0 Å². The Morgan fingerprint density at radius 3 is 2.64 bits per heavy atom. The van der Waals surface area contributed by atoms with E-state index in [1.54, 1.807) is 7.11 Å². The SMILES string of the molecule is CCCCC(=O)N(CCCOC)Cc1cccn1Cc1ccccc1. The van der Waals surface area contributed by atoms with Crippen molar-refractivity contribution in [2.24, 2.45) is 0 Å². The molecule has 25 heavy (non-hydrogen) atoms. The second kappa shape index (κ2) is 10.7. The van der Waals surface area contributed by atoms with Crippen molar-refractivity contribution in [1.82, 2.24) is 9.47 Å². The molecule has 0 saturated heterocycles. The lowest BCUT2D eigenvalue weighted by Gasteiger charge is -2.24. The summed E-state index contributed by atoms with van der Waals surface area (Å²) in [5.41, 5.74) is 2.44. The number of hydrogen-bond donors (Lipinski definition) is 0. The first-order valence-corrected chi connectivity index (χ1v) is 9.19. The van der Waals surface area contributed by atoms with E-state index in [1.807, 2.05) is 11.0 Å². The first-order valence-electron chi connectivity index (χ1n) is 9.19. The van der Waals surface area contributed by atoms with Gasteiger partial charge in [-0.3, -0.25) is 4.79 Å². The van der Waals surface area contributed by atoms with Gasteiger partial charge in [-0.1, -0.05) is 43.7 Å². The molecule has 1 aromatic carbocycles. The first kappa shape index (κ1) is 19.3. The number of amides is 1. The van der Waals surface area contributed by atoms with Crippen LogP contribution in [0.1, 0.15) is 43.9 Å². The molecule has 0 saturated carbocycles. The van der Waals surface area contributed by atoms with Gasteiger partial charge < -0.3 is 14.2 Å². The van der Waals surface area contributed by atoms with E-state index in [2.05, 4.69) is 54.1 Å². The summed E-state index contributed by atoms with van der Waals surface area (Å²) < 4.78 is 7.38. The van der Waals surface area contributed by atoms with Crippen LogP contribution in [-0.4, -0.2) is 35.6 Å². The summed E-state index contributed by atoms with van der Waals surface area (Å²) in [6.07, 6.45) is 5.58. The van der Waals surface area contributed by atoms with Crippen molar-refractivity contribution >= 4 is 5.91 Å². The predicted molar refractivity (Wildman–Crippen MR) is 101 cm³/mol. The molecule has 0 aliphatic carbocycles. The molecule has 0 N–H and O–H groups in total. The minimum atomic E-state index is 0.241. The first-order chi connectivity index (χ1) is 12.2. The number of rotatable bonds is 11. The molecule has 1 amide bonds. The summed E-state index contributed by atoms with van der Waals surface area (Å²) in [5, 5.41) is 0. The van der Waals surface area contributed by atoms with E-state index >= 15 is 0 Å². The van der Waals surface area contributed by atoms with Crippen LogP contribution in [0.15, 0.2) is 48.7 Å². The largest absolute Gasteiger partial charge is 0.385 e. The molecular weight excluding hydrogens is 312 g/mol. The Balaban J connectivity index is 2.04. The molecule has 136 valence electrons. The van der Waals surface area contributed by atoms with Crippen LogP contribution in [0.5, 0.6) is 0 Å². The van der Waals surface area contributed by atoms with Crippen molar-refractivity contribution in [3.05, 3.63) is 59.9 Å². The van der Waals surface area contributed by atoms with Gasteiger partial charge in [-0.2, -0.15) is 0 Å². The van der Waals surface area contributed by atoms with Gasteiger partial charge in [-0.05, 0) is 30.5 Å². The normalized spacial score (nSPS) is 10.8. The van der Waals surface area contributed by atoms with Gasteiger partial charge in [0.15, 0.2) is 0 Å². The maximum absolute atomic E-state index is 12.6. The van der Waals surface area contributed by atoms with E-state index in [4.69, 9.17) is 4.74 Å². The number of ether oxygens (including phenoxy) is 1. The number of unbranched alkanes of at least 4 members (excludes halogenated alkanes) is 1. The van der Waals surface area contributed by atoms with Gasteiger partial charge in [0.05, 0.1) is 6.54 Å². The van der Waals surface area contributed by atoms with Crippen LogP contribution in [0, 0.1) is 0 Å². The summed E-state index contributed by atoms with van der Waals surface area (Å²) in [4.78, 5) is 14.5. The molecular formula is C21H30N2O2. The zero-order valence-electron chi connectivity index (χ0n) is 15.5. The lowest BCUT2D eigenvalue weighted by molar-refractivity contribution is -0.132. The van der Waals surface area contributed by atoms with E-state index < -0.39 is 0 Å². The number of aromatic nitrogens is 1. The minimum absolute atomic E-state index is 0.241. The fourth-order valence-corrected chi connectivity index (χ4v) is 2.90. The van der Waals surface area contributed by atoms with Crippen molar-refractivity contribution in [3.8, 4) is 0 Å². The van der Waals surface area contributed by atoms with Crippen molar-refractivity contribution in [1.29, 1.82) is 0 Å². The lowest BCUT2D eigenvalue weighted by atomic mass is 10.2. The maximum atomic E-state index is 12.6. The molecule has 0 radical (unpaired) electrons. The molecule has 0 unspecified atom stereocenters.